The smallest absolute Gasteiger partial charge is 0.205 e. The first-order chi connectivity index (χ1) is 11.0. The lowest BCUT2D eigenvalue weighted by Gasteiger charge is -2.37. The van der Waals surface area contributed by atoms with Crippen LogP contribution in [0.4, 0.5) is 5.13 Å². The van der Waals surface area contributed by atoms with Gasteiger partial charge < -0.3 is 15.1 Å². The number of rotatable bonds is 5. The molecule has 0 bridgehead atoms. The monoisotopic (exact) mass is 356 g/mol. The summed E-state index contributed by atoms with van der Waals surface area (Å²) in [6, 6.07) is 0. The lowest BCUT2D eigenvalue weighted by atomic mass is 10.2. The van der Waals surface area contributed by atoms with E-state index in [2.05, 4.69) is 56.5 Å². The van der Waals surface area contributed by atoms with Crippen LogP contribution in [0.1, 0.15) is 26.6 Å². The predicted octanol–water partition coefficient (Wildman–Crippen LogP) is 1.94. The molecule has 1 N–H and O–H groups in total. The average Bonchev–Trinajstić information content (AvgIpc) is 3.05. The molecule has 1 aliphatic heterocycles. The van der Waals surface area contributed by atoms with Crippen LogP contribution in [-0.4, -0.2) is 71.0 Å². The quantitative estimate of drug-likeness (QED) is 0.643. The van der Waals surface area contributed by atoms with Crippen molar-refractivity contribution >= 4 is 34.4 Å². The van der Waals surface area contributed by atoms with Crippen LogP contribution in [0.2, 0.25) is 0 Å². The maximum absolute atomic E-state index is 4.59. The molecule has 1 saturated heterocycles. The van der Waals surface area contributed by atoms with Crippen LogP contribution < -0.4 is 10.2 Å². The standard InChI is InChI=1S/C15H28N6S2/c1-6-12-18-14(23-19-12)21-9-7-20(8-10-21)13(16-4)17-11-15(2,3)22-5/h6-11H2,1-5H3,(H,16,17). The van der Waals surface area contributed by atoms with Crippen molar-refractivity contribution in [2.45, 2.75) is 31.9 Å². The van der Waals surface area contributed by atoms with E-state index in [1.807, 2.05) is 18.8 Å². The number of aromatic nitrogens is 2. The fraction of sp³-hybridized carbons (Fsp3) is 0.800. The van der Waals surface area contributed by atoms with E-state index in [0.717, 1.165) is 56.1 Å². The Morgan fingerprint density at radius 1 is 1.35 bits per heavy atom. The average molecular weight is 357 g/mol. The van der Waals surface area contributed by atoms with Crippen LogP contribution in [0.15, 0.2) is 4.99 Å². The van der Waals surface area contributed by atoms with Crippen LogP contribution >= 0.6 is 23.3 Å². The molecule has 0 radical (unpaired) electrons. The number of nitrogens with zero attached hydrogens (tertiary/aromatic N) is 5. The van der Waals surface area contributed by atoms with Crippen molar-refractivity contribution in [2.24, 2.45) is 4.99 Å². The van der Waals surface area contributed by atoms with Crippen molar-refractivity contribution in [3.05, 3.63) is 5.82 Å². The number of guanidine groups is 1. The van der Waals surface area contributed by atoms with Crippen molar-refractivity contribution in [2.75, 3.05) is 50.9 Å². The molecule has 2 rings (SSSR count). The van der Waals surface area contributed by atoms with Crippen LogP contribution in [0.3, 0.4) is 0 Å². The predicted molar refractivity (Wildman–Crippen MR) is 102 cm³/mol. The third-order valence-electron chi connectivity index (χ3n) is 4.06. The fourth-order valence-corrected chi connectivity index (χ4v) is 3.34. The van der Waals surface area contributed by atoms with Gasteiger partial charge in [-0.15, -0.1) is 0 Å². The molecule has 130 valence electrons. The van der Waals surface area contributed by atoms with Crippen molar-refractivity contribution < 1.29 is 0 Å². The zero-order valence-electron chi connectivity index (χ0n) is 14.8. The Bertz CT molecular complexity index is 520. The minimum Gasteiger partial charge on any atom is -0.355 e. The summed E-state index contributed by atoms with van der Waals surface area (Å²) in [7, 11) is 1.86. The highest BCUT2D eigenvalue weighted by atomic mass is 32.2. The van der Waals surface area contributed by atoms with Gasteiger partial charge in [0.2, 0.25) is 5.13 Å². The minimum absolute atomic E-state index is 0.209. The van der Waals surface area contributed by atoms with Gasteiger partial charge >= 0.3 is 0 Å². The second kappa shape index (κ2) is 8.19. The molecule has 8 heteroatoms. The van der Waals surface area contributed by atoms with Gasteiger partial charge in [-0.2, -0.15) is 16.1 Å². The first-order valence-electron chi connectivity index (χ1n) is 8.07. The Morgan fingerprint density at radius 2 is 2.04 bits per heavy atom. The van der Waals surface area contributed by atoms with E-state index in [4.69, 9.17) is 0 Å². The molecule has 0 unspecified atom stereocenters. The van der Waals surface area contributed by atoms with Crippen LogP contribution in [0.5, 0.6) is 0 Å². The van der Waals surface area contributed by atoms with Crippen molar-refractivity contribution in [3.8, 4) is 0 Å². The molecular formula is C15H28N6S2. The summed E-state index contributed by atoms with van der Waals surface area (Å²) in [5.41, 5.74) is 0. The molecule has 1 aliphatic rings. The summed E-state index contributed by atoms with van der Waals surface area (Å²) in [5.74, 6) is 1.95. The summed E-state index contributed by atoms with van der Waals surface area (Å²) in [6.07, 6.45) is 3.05. The molecule has 1 aromatic rings. The molecule has 1 fully saturated rings. The number of aliphatic imine (C=N–C) groups is 1. The summed E-state index contributed by atoms with van der Waals surface area (Å²) in [6.45, 7) is 11.3. The first-order valence-corrected chi connectivity index (χ1v) is 10.1. The molecule has 0 amide bonds. The number of nitrogens with one attached hydrogen (secondary N) is 1. The van der Waals surface area contributed by atoms with Crippen LogP contribution in [0, 0.1) is 0 Å². The Morgan fingerprint density at radius 3 is 2.57 bits per heavy atom. The number of hydrogen-bond acceptors (Lipinski definition) is 6. The van der Waals surface area contributed by atoms with Crippen molar-refractivity contribution in [1.82, 2.24) is 19.6 Å². The molecule has 0 saturated carbocycles. The molecule has 0 atom stereocenters. The summed E-state index contributed by atoms with van der Waals surface area (Å²) in [4.78, 5) is 13.7. The van der Waals surface area contributed by atoms with E-state index in [1.54, 1.807) is 0 Å². The Balaban J connectivity index is 1.87. The van der Waals surface area contributed by atoms with Gasteiger partial charge in [-0.25, -0.2) is 4.98 Å². The number of hydrogen-bond donors (Lipinski definition) is 1. The van der Waals surface area contributed by atoms with Gasteiger partial charge in [-0.05, 0) is 20.1 Å². The third kappa shape index (κ3) is 4.97. The van der Waals surface area contributed by atoms with Gasteiger partial charge in [-0.3, -0.25) is 4.99 Å². The van der Waals surface area contributed by atoms with E-state index in [1.165, 1.54) is 11.5 Å². The molecule has 2 heterocycles. The molecule has 1 aromatic heterocycles. The van der Waals surface area contributed by atoms with Gasteiger partial charge in [0.25, 0.3) is 0 Å². The highest BCUT2D eigenvalue weighted by Crippen LogP contribution is 2.21. The van der Waals surface area contributed by atoms with E-state index < -0.39 is 0 Å². The normalized spacial score (nSPS) is 16.8. The van der Waals surface area contributed by atoms with E-state index >= 15 is 0 Å². The largest absolute Gasteiger partial charge is 0.355 e. The lowest BCUT2D eigenvalue weighted by Crippen LogP contribution is -2.54. The first kappa shape index (κ1) is 18.3. The Labute approximate surface area is 147 Å². The molecule has 0 aromatic carbocycles. The van der Waals surface area contributed by atoms with Gasteiger partial charge in [0.1, 0.15) is 5.82 Å². The summed E-state index contributed by atoms with van der Waals surface area (Å²) in [5, 5.41) is 4.56. The van der Waals surface area contributed by atoms with Gasteiger partial charge in [0.05, 0.1) is 0 Å². The molecular weight excluding hydrogens is 328 g/mol. The second-order valence-electron chi connectivity index (χ2n) is 6.19. The van der Waals surface area contributed by atoms with E-state index in [0.29, 0.717) is 0 Å². The van der Waals surface area contributed by atoms with Gasteiger partial charge in [0, 0.05) is 62.5 Å². The zero-order valence-corrected chi connectivity index (χ0v) is 16.4. The number of aryl methyl sites for hydroxylation is 1. The highest BCUT2D eigenvalue weighted by molar-refractivity contribution is 7.99. The molecule has 23 heavy (non-hydrogen) atoms. The third-order valence-corrected chi connectivity index (χ3v) is 6.12. The van der Waals surface area contributed by atoms with E-state index in [-0.39, 0.29) is 4.75 Å². The molecule has 6 nitrogen and oxygen atoms in total. The zero-order chi connectivity index (χ0) is 16.9. The van der Waals surface area contributed by atoms with Crippen LogP contribution in [0.25, 0.3) is 0 Å². The molecule has 0 aliphatic carbocycles. The maximum atomic E-state index is 4.59. The Kier molecular flexibility index (Phi) is 6.52. The summed E-state index contributed by atoms with van der Waals surface area (Å²) < 4.78 is 4.59. The lowest BCUT2D eigenvalue weighted by molar-refractivity contribution is 0.371. The minimum atomic E-state index is 0.209. The van der Waals surface area contributed by atoms with E-state index in [9.17, 15) is 0 Å². The van der Waals surface area contributed by atoms with Gasteiger partial charge in [-0.1, -0.05) is 6.92 Å². The topological polar surface area (TPSA) is 56.7 Å². The maximum Gasteiger partial charge on any atom is 0.205 e. The van der Waals surface area contributed by atoms with Crippen molar-refractivity contribution in [3.63, 3.8) is 0 Å². The molecule has 0 spiro atoms. The number of anilines is 1. The van der Waals surface area contributed by atoms with Crippen LogP contribution in [-0.2, 0) is 6.42 Å². The highest BCUT2D eigenvalue weighted by Gasteiger charge is 2.23. The van der Waals surface area contributed by atoms with Crippen molar-refractivity contribution in [1.29, 1.82) is 0 Å². The SMILES string of the molecule is CCc1nsc(N2CCN(C(=NC)NCC(C)(C)SC)CC2)n1. The Hall–Kier alpha value is -1.02. The fourth-order valence-electron chi connectivity index (χ4n) is 2.32. The second-order valence-corrected chi connectivity index (χ2v) is 8.43. The van der Waals surface area contributed by atoms with Gasteiger partial charge in [0.15, 0.2) is 5.96 Å². The number of piperazine rings is 1. The summed E-state index contributed by atoms with van der Waals surface area (Å²) >= 11 is 3.38. The number of thioether (sulfide) groups is 1.